The molecule has 0 unspecified atom stereocenters. The van der Waals surface area contributed by atoms with E-state index < -0.39 is 5.60 Å². The van der Waals surface area contributed by atoms with E-state index in [1.807, 2.05) is 71.4 Å². The van der Waals surface area contributed by atoms with Gasteiger partial charge in [0, 0.05) is 11.8 Å². The summed E-state index contributed by atoms with van der Waals surface area (Å²) in [7, 11) is 0. The normalized spacial score (nSPS) is 17.4. The molecular formula is C32H29NO3. The Labute approximate surface area is 212 Å². The number of rotatable bonds is 8. The van der Waals surface area contributed by atoms with Gasteiger partial charge in [-0.15, -0.1) is 5.92 Å². The van der Waals surface area contributed by atoms with Crippen LogP contribution in [0.5, 0.6) is 0 Å². The van der Waals surface area contributed by atoms with Crippen molar-refractivity contribution in [3.63, 3.8) is 0 Å². The maximum Gasteiger partial charge on any atom is 0.166 e. The second kappa shape index (κ2) is 10.8. The number of nitrogens with zero attached hydrogens (tertiary/aromatic N) is 1. The van der Waals surface area contributed by atoms with Gasteiger partial charge in [-0.1, -0.05) is 96.9 Å². The fourth-order valence-corrected chi connectivity index (χ4v) is 5.05. The second-order valence-electron chi connectivity index (χ2n) is 8.93. The molecule has 2 heterocycles. The molecule has 1 aromatic heterocycles. The van der Waals surface area contributed by atoms with Crippen molar-refractivity contribution in [1.82, 2.24) is 4.57 Å². The summed E-state index contributed by atoms with van der Waals surface area (Å²) in [4.78, 5) is 11.7. The molecule has 0 amide bonds. The van der Waals surface area contributed by atoms with Gasteiger partial charge >= 0.3 is 0 Å². The first-order valence-corrected chi connectivity index (χ1v) is 12.3. The summed E-state index contributed by atoms with van der Waals surface area (Å²) in [6, 6.07) is 32.8. The predicted molar refractivity (Wildman–Crippen MR) is 141 cm³/mol. The molecule has 36 heavy (non-hydrogen) atoms. The Morgan fingerprint density at radius 3 is 1.97 bits per heavy atom. The van der Waals surface area contributed by atoms with Crippen LogP contribution in [0.1, 0.15) is 58.7 Å². The fourth-order valence-electron chi connectivity index (χ4n) is 5.05. The predicted octanol–water partition coefficient (Wildman–Crippen LogP) is 6.36. The summed E-state index contributed by atoms with van der Waals surface area (Å²) in [5.41, 5.74) is 3.80. The van der Waals surface area contributed by atoms with Crippen molar-refractivity contribution in [3.8, 4) is 11.8 Å². The molecule has 0 saturated carbocycles. The van der Waals surface area contributed by atoms with Crippen LogP contribution in [0.25, 0.3) is 0 Å². The topological polar surface area (TPSA) is 40.5 Å². The molecule has 2 atom stereocenters. The van der Waals surface area contributed by atoms with Crippen LogP contribution < -0.4 is 0 Å². The Morgan fingerprint density at radius 1 is 0.917 bits per heavy atom. The van der Waals surface area contributed by atoms with E-state index in [4.69, 9.17) is 9.47 Å². The Morgan fingerprint density at radius 2 is 1.47 bits per heavy atom. The number of ether oxygens (including phenoxy) is 2. The van der Waals surface area contributed by atoms with Crippen molar-refractivity contribution in [1.29, 1.82) is 0 Å². The van der Waals surface area contributed by atoms with Gasteiger partial charge in [-0.3, -0.25) is 4.79 Å². The van der Waals surface area contributed by atoms with Crippen molar-refractivity contribution in [3.05, 3.63) is 131 Å². The number of carbonyl (C=O) groups is 1. The number of hydrogen-bond donors (Lipinski definition) is 0. The molecule has 180 valence electrons. The van der Waals surface area contributed by atoms with Crippen molar-refractivity contribution in [2.75, 3.05) is 6.61 Å². The molecule has 4 heteroatoms. The number of carbonyl (C=O) groups excluding carboxylic acids is 1. The molecule has 5 rings (SSSR count). The van der Waals surface area contributed by atoms with Crippen LogP contribution in [0.4, 0.5) is 0 Å². The number of benzene rings is 3. The minimum atomic E-state index is -0.781. The Bertz CT molecular complexity index is 1250. The summed E-state index contributed by atoms with van der Waals surface area (Å²) < 4.78 is 15.2. The van der Waals surface area contributed by atoms with Crippen LogP contribution in [0.15, 0.2) is 103 Å². The Hall–Kier alpha value is -3.91. The Balaban J connectivity index is 1.45. The smallest absolute Gasteiger partial charge is 0.166 e. The van der Waals surface area contributed by atoms with E-state index in [-0.39, 0.29) is 12.3 Å². The minimum absolute atomic E-state index is 0.104. The largest absolute Gasteiger partial charge is 0.358 e. The number of aldehydes is 1. The van der Waals surface area contributed by atoms with Gasteiger partial charge in [0.1, 0.15) is 11.8 Å². The van der Waals surface area contributed by atoms with Crippen molar-refractivity contribution in [2.45, 2.75) is 37.7 Å². The van der Waals surface area contributed by atoms with E-state index in [9.17, 15) is 4.79 Å². The first-order valence-electron chi connectivity index (χ1n) is 12.3. The van der Waals surface area contributed by atoms with E-state index in [2.05, 4.69) is 48.2 Å². The zero-order valence-electron chi connectivity index (χ0n) is 20.3. The second-order valence-corrected chi connectivity index (χ2v) is 8.93. The summed E-state index contributed by atoms with van der Waals surface area (Å²) in [6.07, 6.45) is 4.08. The maximum absolute atomic E-state index is 11.7. The van der Waals surface area contributed by atoms with Gasteiger partial charge in [-0.05, 0) is 42.5 Å². The van der Waals surface area contributed by atoms with Crippen LogP contribution in [-0.4, -0.2) is 23.6 Å². The Kier molecular flexibility index (Phi) is 7.13. The van der Waals surface area contributed by atoms with Gasteiger partial charge in [0.15, 0.2) is 6.29 Å². The highest BCUT2D eigenvalue weighted by Crippen LogP contribution is 2.41. The average Bonchev–Trinajstić information content (AvgIpc) is 3.58. The third-order valence-electron chi connectivity index (χ3n) is 6.69. The van der Waals surface area contributed by atoms with E-state index in [1.54, 1.807) is 6.92 Å². The van der Waals surface area contributed by atoms with Gasteiger partial charge in [0.25, 0.3) is 0 Å². The summed E-state index contributed by atoms with van der Waals surface area (Å²) in [5.74, 6) is 5.92. The van der Waals surface area contributed by atoms with Gasteiger partial charge in [0.05, 0.1) is 18.4 Å². The zero-order chi connectivity index (χ0) is 24.8. The monoisotopic (exact) mass is 475 g/mol. The molecule has 0 N–H and O–H groups in total. The van der Waals surface area contributed by atoms with Gasteiger partial charge in [-0.25, -0.2) is 0 Å². The lowest BCUT2D eigenvalue weighted by Gasteiger charge is -2.36. The van der Waals surface area contributed by atoms with E-state index in [0.717, 1.165) is 41.4 Å². The molecule has 4 aromatic rings. The molecule has 1 fully saturated rings. The van der Waals surface area contributed by atoms with Crippen molar-refractivity contribution in [2.24, 2.45) is 0 Å². The quantitative estimate of drug-likeness (QED) is 0.169. The lowest BCUT2D eigenvalue weighted by molar-refractivity contribution is -0.0765. The first-order chi connectivity index (χ1) is 17.7. The number of hydrogen-bond acceptors (Lipinski definition) is 3. The van der Waals surface area contributed by atoms with Crippen LogP contribution in [0.2, 0.25) is 0 Å². The molecule has 0 bridgehead atoms. The maximum atomic E-state index is 11.7. The fraction of sp³-hybridized carbons (Fsp3) is 0.219. The van der Waals surface area contributed by atoms with Gasteiger partial charge in [-0.2, -0.15) is 0 Å². The summed E-state index contributed by atoms with van der Waals surface area (Å²) >= 11 is 0. The van der Waals surface area contributed by atoms with Crippen LogP contribution in [0.3, 0.4) is 0 Å². The average molecular weight is 476 g/mol. The molecule has 1 aliphatic rings. The molecule has 0 radical (unpaired) electrons. The lowest BCUT2D eigenvalue weighted by Crippen LogP contribution is -2.35. The van der Waals surface area contributed by atoms with Crippen LogP contribution >= 0.6 is 0 Å². The molecule has 4 nitrogen and oxygen atoms in total. The molecule has 3 aromatic carbocycles. The van der Waals surface area contributed by atoms with E-state index in [0.29, 0.717) is 12.3 Å². The minimum Gasteiger partial charge on any atom is -0.358 e. The van der Waals surface area contributed by atoms with E-state index in [1.165, 1.54) is 0 Å². The highest BCUT2D eigenvalue weighted by atomic mass is 16.6. The highest BCUT2D eigenvalue weighted by Gasteiger charge is 2.39. The molecule has 0 spiro atoms. The van der Waals surface area contributed by atoms with Crippen molar-refractivity contribution >= 4 is 6.29 Å². The van der Waals surface area contributed by atoms with Gasteiger partial charge in [0.2, 0.25) is 0 Å². The van der Waals surface area contributed by atoms with Crippen LogP contribution in [0, 0.1) is 11.8 Å². The molecular weight excluding hydrogens is 446 g/mol. The molecule has 0 aliphatic carbocycles. The lowest BCUT2D eigenvalue weighted by atomic mass is 9.80. The summed E-state index contributed by atoms with van der Waals surface area (Å²) in [5, 5.41) is 0. The third-order valence-corrected chi connectivity index (χ3v) is 6.69. The van der Waals surface area contributed by atoms with Gasteiger partial charge < -0.3 is 14.0 Å². The molecule has 1 saturated heterocycles. The van der Waals surface area contributed by atoms with Crippen LogP contribution in [-0.2, 0) is 15.1 Å². The summed E-state index contributed by atoms with van der Waals surface area (Å²) in [6.45, 7) is 2.20. The SMILES string of the molecule is CC#Cc1cc(C=O)n([C@H]2CC[C@@H](COC(c3ccccc3)(c3ccccc3)c3ccccc3)O2)c1. The third kappa shape index (κ3) is 4.64. The zero-order valence-corrected chi connectivity index (χ0v) is 20.3. The first kappa shape index (κ1) is 23.8. The van der Waals surface area contributed by atoms with E-state index >= 15 is 0 Å². The van der Waals surface area contributed by atoms with Crippen molar-refractivity contribution < 1.29 is 14.3 Å². The highest BCUT2D eigenvalue weighted by molar-refractivity contribution is 5.73. The standard InChI is InChI=1S/C32H29NO3/c1-2-12-25-21-29(23-34)33(22-25)31-20-19-30(36-31)24-35-32(26-13-6-3-7-14-26,27-15-8-4-9-16-27)28-17-10-5-11-18-28/h3-11,13-18,21-23,30-31H,19-20,24H2,1H3/t30-,31+/m0/s1. The number of aromatic nitrogens is 1. The molecule has 1 aliphatic heterocycles.